The normalized spacial score (nSPS) is 23.8. The predicted octanol–water partition coefficient (Wildman–Crippen LogP) is 0.438. The standard InChI is InChI=1S/C14H20N2O4S/c1-10-9-16(8-7-13(10)17)21(19,20)12-5-3-11(4-6-12)14(18)15-2/h3-6,10,13,17H,7-9H2,1-2H3,(H,15,18). The first-order valence-electron chi connectivity index (χ1n) is 6.86. The van der Waals surface area contributed by atoms with E-state index in [1.807, 2.05) is 6.92 Å². The Balaban J connectivity index is 2.22. The lowest BCUT2D eigenvalue weighted by molar-refractivity contribution is 0.0628. The molecule has 1 heterocycles. The average Bonchev–Trinajstić information content (AvgIpc) is 2.49. The van der Waals surface area contributed by atoms with Crippen molar-refractivity contribution in [2.24, 2.45) is 5.92 Å². The molecule has 7 heteroatoms. The van der Waals surface area contributed by atoms with Crippen molar-refractivity contribution in [2.75, 3.05) is 20.1 Å². The van der Waals surface area contributed by atoms with Crippen LogP contribution in [0, 0.1) is 5.92 Å². The van der Waals surface area contributed by atoms with Crippen LogP contribution in [0.4, 0.5) is 0 Å². The Morgan fingerprint density at radius 3 is 2.48 bits per heavy atom. The van der Waals surface area contributed by atoms with E-state index in [2.05, 4.69) is 5.32 Å². The molecule has 1 aromatic rings. The zero-order valence-electron chi connectivity index (χ0n) is 12.1. The molecule has 116 valence electrons. The molecule has 1 aliphatic heterocycles. The SMILES string of the molecule is CNC(=O)c1ccc(S(=O)(=O)N2CCC(O)C(C)C2)cc1. The number of aliphatic hydroxyl groups is 1. The maximum Gasteiger partial charge on any atom is 0.251 e. The van der Waals surface area contributed by atoms with Crippen LogP contribution in [0.3, 0.4) is 0 Å². The zero-order chi connectivity index (χ0) is 15.6. The second kappa shape index (κ2) is 6.13. The van der Waals surface area contributed by atoms with Crippen molar-refractivity contribution < 1.29 is 18.3 Å². The van der Waals surface area contributed by atoms with E-state index < -0.39 is 16.1 Å². The van der Waals surface area contributed by atoms with Gasteiger partial charge >= 0.3 is 0 Å². The van der Waals surface area contributed by atoms with E-state index in [9.17, 15) is 18.3 Å². The molecule has 2 atom stereocenters. The molecule has 0 spiro atoms. The quantitative estimate of drug-likeness (QED) is 0.848. The number of benzene rings is 1. The van der Waals surface area contributed by atoms with Crippen LogP contribution in [0.2, 0.25) is 0 Å². The van der Waals surface area contributed by atoms with Gasteiger partial charge in [-0.05, 0) is 36.6 Å². The van der Waals surface area contributed by atoms with Gasteiger partial charge < -0.3 is 10.4 Å². The number of piperidine rings is 1. The lowest BCUT2D eigenvalue weighted by Gasteiger charge is -2.33. The van der Waals surface area contributed by atoms with E-state index >= 15 is 0 Å². The third kappa shape index (κ3) is 3.25. The van der Waals surface area contributed by atoms with Gasteiger partial charge in [0.25, 0.3) is 5.91 Å². The number of carbonyl (C=O) groups excluding carboxylic acids is 1. The third-order valence-electron chi connectivity index (χ3n) is 3.80. The van der Waals surface area contributed by atoms with Crippen molar-refractivity contribution in [3.05, 3.63) is 29.8 Å². The molecule has 0 saturated carbocycles. The van der Waals surface area contributed by atoms with Crippen LogP contribution in [0.5, 0.6) is 0 Å². The summed E-state index contributed by atoms with van der Waals surface area (Å²) in [6, 6.07) is 5.87. The second-order valence-corrected chi connectivity index (χ2v) is 7.24. The van der Waals surface area contributed by atoms with E-state index in [-0.39, 0.29) is 16.7 Å². The molecule has 0 radical (unpaired) electrons. The molecule has 21 heavy (non-hydrogen) atoms. The Morgan fingerprint density at radius 1 is 1.33 bits per heavy atom. The molecule has 1 fully saturated rings. The molecule has 2 unspecified atom stereocenters. The minimum Gasteiger partial charge on any atom is -0.393 e. The van der Waals surface area contributed by atoms with Gasteiger partial charge in [0.05, 0.1) is 11.0 Å². The lowest BCUT2D eigenvalue weighted by Crippen LogP contribution is -2.44. The van der Waals surface area contributed by atoms with Crippen LogP contribution >= 0.6 is 0 Å². The Labute approximate surface area is 124 Å². The van der Waals surface area contributed by atoms with E-state index in [1.54, 1.807) is 0 Å². The van der Waals surface area contributed by atoms with Crippen molar-refractivity contribution in [1.29, 1.82) is 0 Å². The number of carbonyl (C=O) groups is 1. The van der Waals surface area contributed by atoms with Crippen LogP contribution in [-0.4, -0.2) is 50.0 Å². The second-order valence-electron chi connectivity index (χ2n) is 5.30. The Hall–Kier alpha value is -1.44. The van der Waals surface area contributed by atoms with Crippen LogP contribution in [0.25, 0.3) is 0 Å². The van der Waals surface area contributed by atoms with Crippen LogP contribution in [0.15, 0.2) is 29.2 Å². The summed E-state index contributed by atoms with van der Waals surface area (Å²) < 4.78 is 26.5. The van der Waals surface area contributed by atoms with Gasteiger partial charge in [0, 0.05) is 25.7 Å². The van der Waals surface area contributed by atoms with Gasteiger partial charge in [-0.15, -0.1) is 0 Å². The van der Waals surface area contributed by atoms with Crippen LogP contribution in [-0.2, 0) is 10.0 Å². The highest BCUT2D eigenvalue weighted by molar-refractivity contribution is 7.89. The maximum atomic E-state index is 12.5. The van der Waals surface area contributed by atoms with Crippen LogP contribution in [0.1, 0.15) is 23.7 Å². The van der Waals surface area contributed by atoms with Crippen molar-refractivity contribution in [3.63, 3.8) is 0 Å². The molecule has 6 nitrogen and oxygen atoms in total. The maximum absolute atomic E-state index is 12.5. The first kappa shape index (κ1) is 15.9. The number of nitrogens with zero attached hydrogens (tertiary/aromatic N) is 1. The fraction of sp³-hybridized carbons (Fsp3) is 0.500. The topological polar surface area (TPSA) is 86.7 Å². The average molecular weight is 312 g/mol. The fourth-order valence-electron chi connectivity index (χ4n) is 2.38. The summed E-state index contributed by atoms with van der Waals surface area (Å²) in [4.78, 5) is 11.6. The van der Waals surface area contributed by atoms with Crippen molar-refractivity contribution in [1.82, 2.24) is 9.62 Å². The van der Waals surface area contributed by atoms with Gasteiger partial charge in [0.15, 0.2) is 0 Å². The Bertz CT molecular complexity index is 612. The highest BCUT2D eigenvalue weighted by Crippen LogP contribution is 2.24. The number of hydrogen-bond acceptors (Lipinski definition) is 4. The van der Waals surface area contributed by atoms with Crippen molar-refractivity contribution in [3.8, 4) is 0 Å². The minimum absolute atomic E-state index is 0.0846. The van der Waals surface area contributed by atoms with Gasteiger partial charge in [0.2, 0.25) is 10.0 Å². The third-order valence-corrected chi connectivity index (χ3v) is 5.68. The molecule has 1 aliphatic rings. The summed E-state index contributed by atoms with van der Waals surface area (Å²) in [5, 5.41) is 12.2. The molecule has 0 bridgehead atoms. The number of rotatable bonds is 3. The van der Waals surface area contributed by atoms with Gasteiger partial charge in [-0.3, -0.25) is 4.79 Å². The summed E-state index contributed by atoms with van der Waals surface area (Å²) in [6.07, 6.45) is -0.0106. The molecule has 2 rings (SSSR count). The minimum atomic E-state index is -3.58. The monoisotopic (exact) mass is 312 g/mol. The summed E-state index contributed by atoms with van der Waals surface area (Å²) in [7, 11) is -2.06. The van der Waals surface area contributed by atoms with E-state index in [0.29, 0.717) is 25.1 Å². The van der Waals surface area contributed by atoms with Crippen LogP contribution < -0.4 is 5.32 Å². The number of aliphatic hydroxyl groups excluding tert-OH is 1. The molecule has 1 aromatic carbocycles. The Morgan fingerprint density at radius 2 is 1.95 bits per heavy atom. The number of amides is 1. The van der Waals surface area contributed by atoms with E-state index in [1.165, 1.54) is 35.6 Å². The predicted molar refractivity (Wildman–Crippen MR) is 78.4 cm³/mol. The largest absolute Gasteiger partial charge is 0.393 e. The zero-order valence-corrected chi connectivity index (χ0v) is 12.9. The highest BCUT2D eigenvalue weighted by atomic mass is 32.2. The highest BCUT2D eigenvalue weighted by Gasteiger charge is 2.32. The van der Waals surface area contributed by atoms with Gasteiger partial charge in [0.1, 0.15) is 0 Å². The summed E-state index contributed by atoms with van der Waals surface area (Å²) in [5.41, 5.74) is 0.416. The summed E-state index contributed by atoms with van der Waals surface area (Å²) in [5.74, 6) is -0.340. The van der Waals surface area contributed by atoms with Gasteiger partial charge in [-0.2, -0.15) is 4.31 Å². The Kier molecular flexibility index (Phi) is 4.65. The van der Waals surface area contributed by atoms with Crippen molar-refractivity contribution in [2.45, 2.75) is 24.3 Å². The summed E-state index contributed by atoms with van der Waals surface area (Å²) in [6.45, 7) is 2.45. The number of sulfonamides is 1. The van der Waals surface area contributed by atoms with Gasteiger partial charge in [-0.1, -0.05) is 6.92 Å². The molecule has 1 amide bonds. The molecular formula is C14H20N2O4S. The molecule has 2 N–H and O–H groups in total. The molecule has 1 saturated heterocycles. The number of hydrogen-bond donors (Lipinski definition) is 2. The van der Waals surface area contributed by atoms with Gasteiger partial charge in [-0.25, -0.2) is 8.42 Å². The van der Waals surface area contributed by atoms with E-state index in [0.717, 1.165) is 0 Å². The molecule has 0 aliphatic carbocycles. The molecular weight excluding hydrogens is 292 g/mol. The first-order valence-corrected chi connectivity index (χ1v) is 8.30. The first-order chi connectivity index (χ1) is 9.86. The van der Waals surface area contributed by atoms with E-state index in [4.69, 9.17) is 0 Å². The molecule has 0 aromatic heterocycles. The lowest BCUT2D eigenvalue weighted by atomic mass is 9.99. The number of nitrogens with one attached hydrogen (secondary N) is 1. The fourth-order valence-corrected chi connectivity index (χ4v) is 3.94. The smallest absolute Gasteiger partial charge is 0.251 e. The van der Waals surface area contributed by atoms with Crippen molar-refractivity contribution >= 4 is 15.9 Å². The summed E-state index contributed by atoms with van der Waals surface area (Å²) >= 11 is 0.